The molecule has 20 heavy (non-hydrogen) atoms. The number of aromatic amines is 1. The molecule has 0 amide bonds. The molecule has 6 heteroatoms. The van der Waals surface area contributed by atoms with Crippen molar-refractivity contribution >= 4 is 28.9 Å². The molecule has 0 saturated heterocycles. The first-order valence-electron chi connectivity index (χ1n) is 6.31. The predicted octanol–water partition coefficient (Wildman–Crippen LogP) is 3.16. The van der Waals surface area contributed by atoms with Crippen LogP contribution in [0.4, 0.5) is 5.95 Å². The Morgan fingerprint density at radius 2 is 2.05 bits per heavy atom. The minimum atomic E-state index is 0.581. The molecular formula is C14H15N5S. The van der Waals surface area contributed by atoms with Crippen LogP contribution in [0.25, 0.3) is 11.2 Å². The minimum absolute atomic E-state index is 0.581. The van der Waals surface area contributed by atoms with Gasteiger partial charge in [-0.1, -0.05) is 23.9 Å². The number of fused-ring (bicyclic) bond motifs is 1. The summed E-state index contributed by atoms with van der Waals surface area (Å²) in [7, 11) is 1.81. The van der Waals surface area contributed by atoms with Crippen LogP contribution < -0.4 is 5.32 Å². The molecule has 2 aromatic heterocycles. The molecule has 0 atom stereocenters. The molecule has 0 spiro atoms. The highest BCUT2D eigenvalue weighted by Crippen LogP contribution is 2.33. The van der Waals surface area contributed by atoms with Gasteiger partial charge in [-0.05, 0) is 31.0 Å². The fourth-order valence-electron chi connectivity index (χ4n) is 1.91. The van der Waals surface area contributed by atoms with E-state index in [1.54, 1.807) is 25.1 Å². The number of aromatic nitrogens is 4. The zero-order valence-electron chi connectivity index (χ0n) is 11.6. The lowest BCUT2D eigenvalue weighted by atomic mass is 10.2. The normalized spacial score (nSPS) is 10.9. The van der Waals surface area contributed by atoms with E-state index in [0.717, 1.165) is 10.5 Å². The lowest BCUT2D eigenvalue weighted by Crippen LogP contribution is -1.98. The zero-order valence-corrected chi connectivity index (χ0v) is 12.4. The summed E-state index contributed by atoms with van der Waals surface area (Å²) in [5, 5.41) is 3.85. The van der Waals surface area contributed by atoms with Gasteiger partial charge in [0.15, 0.2) is 5.65 Å². The molecule has 2 heterocycles. The summed E-state index contributed by atoms with van der Waals surface area (Å²) in [5.41, 5.74) is 4.02. The third kappa shape index (κ3) is 2.34. The Morgan fingerprint density at radius 3 is 2.85 bits per heavy atom. The topological polar surface area (TPSA) is 66.5 Å². The third-order valence-corrected chi connectivity index (χ3v) is 4.17. The van der Waals surface area contributed by atoms with Crippen molar-refractivity contribution in [1.82, 2.24) is 19.9 Å². The molecule has 0 aliphatic rings. The number of aryl methyl sites for hydroxylation is 2. The van der Waals surface area contributed by atoms with Gasteiger partial charge in [0, 0.05) is 11.9 Å². The Morgan fingerprint density at radius 1 is 1.20 bits per heavy atom. The summed E-state index contributed by atoms with van der Waals surface area (Å²) < 4.78 is 0. The van der Waals surface area contributed by atoms with Crippen LogP contribution in [0.5, 0.6) is 0 Å². The van der Waals surface area contributed by atoms with Crippen LogP contribution in [0.15, 0.2) is 34.4 Å². The maximum absolute atomic E-state index is 4.53. The molecule has 0 unspecified atom stereocenters. The Balaban J connectivity index is 2.09. The molecule has 0 bridgehead atoms. The van der Waals surface area contributed by atoms with Crippen molar-refractivity contribution in [3.8, 4) is 0 Å². The van der Waals surface area contributed by atoms with Crippen LogP contribution in [0.1, 0.15) is 11.1 Å². The third-order valence-electron chi connectivity index (χ3n) is 3.03. The average molecular weight is 285 g/mol. The zero-order chi connectivity index (χ0) is 14.1. The van der Waals surface area contributed by atoms with Crippen LogP contribution in [0, 0.1) is 13.8 Å². The molecule has 0 radical (unpaired) electrons. The quantitative estimate of drug-likeness (QED) is 0.724. The molecular weight excluding hydrogens is 270 g/mol. The van der Waals surface area contributed by atoms with Gasteiger partial charge in [0.05, 0.1) is 6.33 Å². The van der Waals surface area contributed by atoms with Crippen molar-refractivity contribution in [2.24, 2.45) is 0 Å². The van der Waals surface area contributed by atoms with Crippen molar-refractivity contribution in [2.45, 2.75) is 23.8 Å². The molecule has 3 aromatic rings. The number of anilines is 1. The molecule has 2 N–H and O–H groups in total. The molecule has 0 saturated carbocycles. The molecule has 5 nitrogen and oxygen atoms in total. The summed E-state index contributed by atoms with van der Waals surface area (Å²) in [6.07, 6.45) is 1.64. The average Bonchev–Trinajstić information content (AvgIpc) is 2.91. The number of rotatable bonds is 3. The largest absolute Gasteiger partial charge is 0.357 e. The molecule has 102 valence electrons. The van der Waals surface area contributed by atoms with Crippen molar-refractivity contribution in [3.63, 3.8) is 0 Å². The van der Waals surface area contributed by atoms with Crippen molar-refractivity contribution in [3.05, 3.63) is 35.7 Å². The van der Waals surface area contributed by atoms with E-state index in [1.165, 1.54) is 16.0 Å². The van der Waals surface area contributed by atoms with Gasteiger partial charge in [-0.15, -0.1) is 0 Å². The van der Waals surface area contributed by atoms with E-state index in [0.29, 0.717) is 11.6 Å². The number of benzene rings is 1. The number of imidazole rings is 1. The van der Waals surface area contributed by atoms with Crippen LogP contribution in [-0.4, -0.2) is 27.0 Å². The Bertz CT molecular complexity index is 765. The summed E-state index contributed by atoms with van der Waals surface area (Å²) >= 11 is 1.63. The number of H-pyrrole nitrogens is 1. The Labute approximate surface area is 121 Å². The number of hydrogen-bond acceptors (Lipinski definition) is 5. The summed E-state index contributed by atoms with van der Waals surface area (Å²) in [6.45, 7) is 4.19. The van der Waals surface area contributed by atoms with Gasteiger partial charge in [-0.2, -0.15) is 4.98 Å². The number of nitrogens with one attached hydrogen (secondary N) is 2. The SMILES string of the molecule is CNc1nc(Sc2cc(C)ccc2C)c2[nH]cnc2n1. The van der Waals surface area contributed by atoms with Crippen molar-refractivity contribution in [2.75, 3.05) is 12.4 Å². The van der Waals surface area contributed by atoms with E-state index in [1.807, 2.05) is 0 Å². The van der Waals surface area contributed by atoms with Crippen LogP contribution in [-0.2, 0) is 0 Å². The first kappa shape index (κ1) is 12.9. The highest BCUT2D eigenvalue weighted by molar-refractivity contribution is 7.99. The highest BCUT2D eigenvalue weighted by Gasteiger charge is 2.12. The van der Waals surface area contributed by atoms with Gasteiger partial charge >= 0.3 is 0 Å². The molecule has 0 aliphatic carbocycles. The smallest absolute Gasteiger partial charge is 0.225 e. The second kappa shape index (κ2) is 5.13. The van der Waals surface area contributed by atoms with E-state index in [9.17, 15) is 0 Å². The lowest BCUT2D eigenvalue weighted by Gasteiger charge is -2.08. The summed E-state index contributed by atoms with van der Waals surface area (Å²) in [5.74, 6) is 0.581. The fourth-order valence-corrected chi connectivity index (χ4v) is 2.98. The van der Waals surface area contributed by atoms with E-state index >= 15 is 0 Å². The van der Waals surface area contributed by atoms with Gasteiger partial charge in [-0.3, -0.25) is 0 Å². The van der Waals surface area contributed by atoms with E-state index < -0.39 is 0 Å². The van der Waals surface area contributed by atoms with Crippen molar-refractivity contribution in [1.29, 1.82) is 0 Å². The van der Waals surface area contributed by atoms with Crippen LogP contribution in [0.3, 0.4) is 0 Å². The lowest BCUT2D eigenvalue weighted by molar-refractivity contribution is 1.08. The van der Waals surface area contributed by atoms with Gasteiger partial charge in [-0.25, -0.2) is 9.97 Å². The van der Waals surface area contributed by atoms with E-state index in [2.05, 4.69) is 57.3 Å². The molecule has 0 aliphatic heterocycles. The Kier molecular flexibility index (Phi) is 3.31. The van der Waals surface area contributed by atoms with Crippen LogP contribution >= 0.6 is 11.8 Å². The van der Waals surface area contributed by atoms with Gasteiger partial charge < -0.3 is 10.3 Å². The Hall–Kier alpha value is -2.08. The second-order valence-corrected chi connectivity index (χ2v) is 5.61. The second-order valence-electron chi connectivity index (χ2n) is 4.57. The molecule has 3 rings (SSSR count). The van der Waals surface area contributed by atoms with E-state index in [-0.39, 0.29) is 0 Å². The molecule has 1 aromatic carbocycles. The van der Waals surface area contributed by atoms with Gasteiger partial charge in [0.25, 0.3) is 0 Å². The summed E-state index contributed by atoms with van der Waals surface area (Å²) in [6, 6.07) is 6.41. The number of hydrogen-bond donors (Lipinski definition) is 2. The highest BCUT2D eigenvalue weighted by atomic mass is 32.2. The van der Waals surface area contributed by atoms with Crippen molar-refractivity contribution < 1.29 is 0 Å². The maximum Gasteiger partial charge on any atom is 0.225 e. The minimum Gasteiger partial charge on any atom is -0.357 e. The monoisotopic (exact) mass is 285 g/mol. The maximum atomic E-state index is 4.53. The number of nitrogens with zero attached hydrogens (tertiary/aromatic N) is 3. The van der Waals surface area contributed by atoms with E-state index in [4.69, 9.17) is 0 Å². The van der Waals surface area contributed by atoms with Gasteiger partial charge in [0.2, 0.25) is 5.95 Å². The standard InChI is InChI=1S/C14H15N5S/c1-8-4-5-9(2)10(6-8)20-13-11-12(17-7-16-11)18-14(15-3)19-13/h4-7H,1-3H3,(H2,15,16,17,18,19). The fraction of sp³-hybridized carbons (Fsp3) is 0.214. The predicted molar refractivity (Wildman–Crippen MR) is 81.3 cm³/mol. The van der Waals surface area contributed by atoms with Crippen LogP contribution in [0.2, 0.25) is 0 Å². The summed E-state index contributed by atoms with van der Waals surface area (Å²) in [4.78, 5) is 17.4. The molecule has 0 fully saturated rings. The first-order chi connectivity index (χ1) is 9.67. The van der Waals surface area contributed by atoms with Gasteiger partial charge in [0.1, 0.15) is 10.5 Å². The first-order valence-corrected chi connectivity index (χ1v) is 7.13.